The van der Waals surface area contributed by atoms with E-state index in [9.17, 15) is 9.18 Å². The number of likely N-dealkylation sites (N-methyl/N-ethyl adjacent to an activating group) is 1. The van der Waals surface area contributed by atoms with Crippen molar-refractivity contribution >= 4 is 5.91 Å². The molecule has 0 saturated heterocycles. The molecule has 1 fully saturated rings. The molecular formula is C20H23FN2O. The first kappa shape index (κ1) is 16.7. The van der Waals surface area contributed by atoms with Crippen LogP contribution < -0.4 is 0 Å². The fourth-order valence-electron chi connectivity index (χ4n) is 2.84. The van der Waals surface area contributed by atoms with Crippen molar-refractivity contribution in [2.24, 2.45) is 0 Å². The van der Waals surface area contributed by atoms with Gasteiger partial charge in [-0.1, -0.05) is 48.5 Å². The normalized spacial score (nSPS) is 14.0. The van der Waals surface area contributed by atoms with Gasteiger partial charge in [0.2, 0.25) is 5.91 Å². The van der Waals surface area contributed by atoms with Crippen molar-refractivity contribution in [1.29, 1.82) is 0 Å². The summed E-state index contributed by atoms with van der Waals surface area (Å²) >= 11 is 0. The molecule has 0 N–H and O–H groups in total. The van der Waals surface area contributed by atoms with Gasteiger partial charge in [0.1, 0.15) is 5.82 Å². The van der Waals surface area contributed by atoms with Gasteiger partial charge in [0.15, 0.2) is 0 Å². The van der Waals surface area contributed by atoms with Crippen molar-refractivity contribution in [3.8, 4) is 0 Å². The summed E-state index contributed by atoms with van der Waals surface area (Å²) < 4.78 is 13.8. The fourth-order valence-corrected chi connectivity index (χ4v) is 2.84. The van der Waals surface area contributed by atoms with Gasteiger partial charge < -0.3 is 4.90 Å². The highest BCUT2D eigenvalue weighted by atomic mass is 19.1. The SMILES string of the molecule is CN(Cc1ccccc1F)C(=O)CN(Cc1ccccc1)C1CC1. The number of hydrogen-bond acceptors (Lipinski definition) is 2. The molecule has 2 aromatic carbocycles. The summed E-state index contributed by atoms with van der Waals surface area (Å²) in [6.07, 6.45) is 2.30. The van der Waals surface area contributed by atoms with E-state index in [1.165, 1.54) is 11.6 Å². The molecular weight excluding hydrogens is 303 g/mol. The van der Waals surface area contributed by atoms with Crippen LogP contribution in [0.1, 0.15) is 24.0 Å². The zero-order valence-electron chi connectivity index (χ0n) is 14.0. The van der Waals surface area contributed by atoms with E-state index in [0.29, 0.717) is 24.7 Å². The van der Waals surface area contributed by atoms with Crippen LogP contribution in [0.5, 0.6) is 0 Å². The molecule has 0 atom stereocenters. The van der Waals surface area contributed by atoms with Crippen LogP contribution in [0.3, 0.4) is 0 Å². The van der Waals surface area contributed by atoms with Crippen molar-refractivity contribution in [3.63, 3.8) is 0 Å². The predicted molar refractivity (Wildman–Crippen MR) is 92.7 cm³/mol. The van der Waals surface area contributed by atoms with Crippen LogP contribution in [0.2, 0.25) is 0 Å². The van der Waals surface area contributed by atoms with E-state index in [1.807, 2.05) is 18.2 Å². The Kier molecular flexibility index (Phi) is 5.26. The van der Waals surface area contributed by atoms with Crippen molar-refractivity contribution in [3.05, 3.63) is 71.5 Å². The minimum atomic E-state index is -0.263. The smallest absolute Gasteiger partial charge is 0.236 e. The van der Waals surface area contributed by atoms with Crippen molar-refractivity contribution in [2.45, 2.75) is 32.0 Å². The molecule has 0 radical (unpaired) electrons. The van der Waals surface area contributed by atoms with E-state index < -0.39 is 0 Å². The lowest BCUT2D eigenvalue weighted by Crippen LogP contribution is -2.39. The van der Waals surface area contributed by atoms with Gasteiger partial charge in [0, 0.05) is 31.7 Å². The largest absolute Gasteiger partial charge is 0.340 e. The maximum Gasteiger partial charge on any atom is 0.236 e. The quantitative estimate of drug-likeness (QED) is 0.778. The summed E-state index contributed by atoms with van der Waals surface area (Å²) in [6.45, 7) is 1.46. The highest BCUT2D eigenvalue weighted by Crippen LogP contribution is 2.28. The molecule has 0 spiro atoms. The number of nitrogens with zero attached hydrogens (tertiary/aromatic N) is 2. The first-order valence-electron chi connectivity index (χ1n) is 8.39. The predicted octanol–water partition coefficient (Wildman–Crippen LogP) is 3.45. The Labute approximate surface area is 142 Å². The lowest BCUT2D eigenvalue weighted by molar-refractivity contribution is -0.132. The summed E-state index contributed by atoms with van der Waals surface area (Å²) in [5, 5.41) is 0. The first-order valence-corrected chi connectivity index (χ1v) is 8.39. The Morgan fingerprint density at radius 1 is 1.04 bits per heavy atom. The van der Waals surface area contributed by atoms with Gasteiger partial charge in [-0.25, -0.2) is 4.39 Å². The number of amides is 1. The third-order valence-electron chi connectivity index (χ3n) is 4.42. The van der Waals surface area contributed by atoms with Gasteiger partial charge >= 0.3 is 0 Å². The van der Waals surface area contributed by atoms with E-state index >= 15 is 0 Å². The molecule has 1 aliphatic carbocycles. The van der Waals surface area contributed by atoms with Crippen LogP contribution in [-0.2, 0) is 17.9 Å². The van der Waals surface area contributed by atoms with Crippen molar-refractivity contribution in [1.82, 2.24) is 9.80 Å². The highest BCUT2D eigenvalue weighted by molar-refractivity contribution is 5.78. The molecule has 0 unspecified atom stereocenters. The zero-order chi connectivity index (χ0) is 16.9. The maximum atomic E-state index is 13.8. The van der Waals surface area contributed by atoms with E-state index in [1.54, 1.807) is 30.1 Å². The van der Waals surface area contributed by atoms with E-state index in [2.05, 4.69) is 17.0 Å². The Morgan fingerprint density at radius 3 is 2.38 bits per heavy atom. The Hall–Kier alpha value is -2.20. The van der Waals surface area contributed by atoms with Gasteiger partial charge in [-0.15, -0.1) is 0 Å². The maximum absolute atomic E-state index is 13.8. The molecule has 1 amide bonds. The molecule has 0 aromatic heterocycles. The van der Waals surface area contributed by atoms with Crippen LogP contribution in [0, 0.1) is 5.82 Å². The Morgan fingerprint density at radius 2 is 1.71 bits per heavy atom. The van der Waals surface area contributed by atoms with Gasteiger partial charge in [-0.2, -0.15) is 0 Å². The van der Waals surface area contributed by atoms with Crippen molar-refractivity contribution in [2.75, 3.05) is 13.6 Å². The minimum Gasteiger partial charge on any atom is -0.340 e. The van der Waals surface area contributed by atoms with Gasteiger partial charge in [-0.3, -0.25) is 9.69 Å². The molecule has 0 bridgehead atoms. The Balaban J connectivity index is 1.60. The lowest BCUT2D eigenvalue weighted by Gasteiger charge is -2.25. The summed E-state index contributed by atoms with van der Waals surface area (Å²) in [7, 11) is 1.74. The van der Waals surface area contributed by atoms with Crippen LogP contribution >= 0.6 is 0 Å². The summed E-state index contributed by atoms with van der Waals surface area (Å²) in [5.41, 5.74) is 1.77. The molecule has 126 valence electrons. The molecule has 0 heterocycles. The molecule has 3 rings (SSSR count). The number of benzene rings is 2. The first-order chi connectivity index (χ1) is 11.6. The monoisotopic (exact) mass is 326 g/mol. The zero-order valence-corrected chi connectivity index (χ0v) is 14.0. The van der Waals surface area contributed by atoms with E-state index in [0.717, 1.165) is 19.4 Å². The third kappa shape index (κ3) is 4.42. The average molecular weight is 326 g/mol. The summed E-state index contributed by atoms with van der Waals surface area (Å²) in [4.78, 5) is 16.4. The second kappa shape index (κ2) is 7.58. The van der Waals surface area contributed by atoms with E-state index in [4.69, 9.17) is 0 Å². The van der Waals surface area contributed by atoms with Gasteiger partial charge in [0.05, 0.1) is 6.54 Å². The summed E-state index contributed by atoms with van der Waals surface area (Å²) in [6, 6.07) is 17.3. The Bertz CT molecular complexity index is 685. The number of hydrogen-bond donors (Lipinski definition) is 0. The minimum absolute atomic E-state index is 0.0288. The molecule has 1 aliphatic rings. The summed E-state index contributed by atoms with van der Waals surface area (Å²) in [5.74, 6) is -0.235. The third-order valence-corrected chi connectivity index (χ3v) is 4.42. The van der Waals surface area contributed by atoms with Crippen LogP contribution in [0.15, 0.2) is 54.6 Å². The molecule has 2 aromatic rings. The van der Waals surface area contributed by atoms with E-state index in [-0.39, 0.29) is 11.7 Å². The number of rotatable bonds is 7. The number of carbonyl (C=O) groups is 1. The van der Waals surface area contributed by atoms with Gasteiger partial charge in [-0.05, 0) is 24.5 Å². The molecule has 0 aliphatic heterocycles. The average Bonchev–Trinajstić information content (AvgIpc) is 3.42. The second-order valence-corrected chi connectivity index (χ2v) is 6.46. The molecule has 1 saturated carbocycles. The molecule has 24 heavy (non-hydrogen) atoms. The molecule has 4 heteroatoms. The topological polar surface area (TPSA) is 23.6 Å². The van der Waals surface area contributed by atoms with Gasteiger partial charge in [0.25, 0.3) is 0 Å². The molecule has 3 nitrogen and oxygen atoms in total. The van der Waals surface area contributed by atoms with Crippen LogP contribution in [0.4, 0.5) is 4.39 Å². The lowest BCUT2D eigenvalue weighted by atomic mass is 10.2. The van der Waals surface area contributed by atoms with Crippen molar-refractivity contribution < 1.29 is 9.18 Å². The fraction of sp³-hybridized carbons (Fsp3) is 0.350. The number of halogens is 1. The van der Waals surface area contributed by atoms with Crippen LogP contribution in [-0.4, -0.2) is 35.3 Å². The second-order valence-electron chi connectivity index (χ2n) is 6.46. The number of carbonyl (C=O) groups excluding carboxylic acids is 1. The highest BCUT2D eigenvalue weighted by Gasteiger charge is 2.31. The van der Waals surface area contributed by atoms with Crippen LogP contribution in [0.25, 0.3) is 0 Å². The standard InChI is InChI=1S/C20H23FN2O/c1-22(14-17-9-5-6-10-19(17)21)20(24)15-23(18-11-12-18)13-16-7-3-2-4-8-16/h2-10,18H,11-15H2,1H3.